The van der Waals surface area contributed by atoms with E-state index in [0.29, 0.717) is 32.2 Å². The maximum atomic E-state index is 12.1. The fourth-order valence-electron chi connectivity index (χ4n) is 3.00. The zero-order chi connectivity index (χ0) is 11.7. The predicted molar refractivity (Wildman–Crippen MR) is 63.4 cm³/mol. The molecule has 17 heavy (non-hydrogen) atoms. The standard InChI is InChI=1S/C12H19N3O2/c16-12-13-11(10-4-2-1-3-5-10)14-15(12)6-8-17-9-7-15/h10H,1-9H2/p+1. The molecule has 1 saturated carbocycles. The third-order valence-corrected chi connectivity index (χ3v) is 4.12. The highest BCUT2D eigenvalue weighted by Crippen LogP contribution is 2.28. The molecule has 2 aliphatic heterocycles. The summed E-state index contributed by atoms with van der Waals surface area (Å²) in [4.78, 5) is 12.1. The molecule has 1 aliphatic carbocycles. The lowest BCUT2D eigenvalue weighted by Gasteiger charge is -2.28. The van der Waals surface area contributed by atoms with E-state index in [1.54, 1.807) is 0 Å². The lowest BCUT2D eigenvalue weighted by molar-refractivity contribution is -0.861. The zero-order valence-electron chi connectivity index (χ0n) is 10.2. The SMILES string of the molecule is O=C1NC(C2CCCCC2)=N[N+]12CCOCC2. The van der Waals surface area contributed by atoms with Gasteiger partial charge in [-0.3, -0.25) is 5.32 Å². The second-order valence-electron chi connectivity index (χ2n) is 5.23. The summed E-state index contributed by atoms with van der Waals surface area (Å²) in [5.74, 6) is 1.42. The molecule has 3 aliphatic rings. The number of hydrogen-bond donors (Lipinski definition) is 1. The minimum absolute atomic E-state index is 0.0499. The number of amidine groups is 1. The van der Waals surface area contributed by atoms with Crippen molar-refractivity contribution in [2.24, 2.45) is 11.0 Å². The summed E-state index contributed by atoms with van der Waals surface area (Å²) in [7, 11) is 0. The maximum absolute atomic E-state index is 12.1. The van der Waals surface area contributed by atoms with E-state index in [0.717, 1.165) is 5.84 Å². The Morgan fingerprint density at radius 3 is 2.59 bits per heavy atom. The van der Waals surface area contributed by atoms with Crippen LogP contribution in [0.25, 0.3) is 0 Å². The van der Waals surface area contributed by atoms with Crippen LogP contribution in [-0.2, 0) is 4.74 Å². The quantitative estimate of drug-likeness (QED) is 0.703. The molecule has 5 heteroatoms. The molecule has 1 N–H and O–H groups in total. The fourth-order valence-corrected chi connectivity index (χ4v) is 3.00. The van der Waals surface area contributed by atoms with Crippen molar-refractivity contribution in [1.82, 2.24) is 5.32 Å². The van der Waals surface area contributed by atoms with E-state index in [2.05, 4.69) is 5.32 Å². The first kappa shape index (κ1) is 11.2. The summed E-state index contributed by atoms with van der Waals surface area (Å²) in [6.45, 7) is 2.63. The van der Waals surface area contributed by atoms with Crippen LogP contribution in [0.2, 0.25) is 0 Å². The number of hydrogen-bond acceptors (Lipinski definition) is 3. The number of urea groups is 1. The number of carbonyl (C=O) groups excluding carboxylic acids is 1. The molecular weight excluding hydrogens is 218 g/mol. The number of rotatable bonds is 1. The van der Waals surface area contributed by atoms with Gasteiger partial charge >= 0.3 is 6.03 Å². The Balaban J connectivity index is 1.77. The second-order valence-corrected chi connectivity index (χ2v) is 5.23. The summed E-state index contributed by atoms with van der Waals surface area (Å²) >= 11 is 0. The molecule has 0 unspecified atom stereocenters. The Bertz CT molecular complexity index is 342. The first-order valence-electron chi connectivity index (χ1n) is 6.67. The van der Waals surface area contributed by atoms with Crippen LogP contribution in [0.1, 0.15) is 32.1 Å². The van der Waals surface area contributed by atoms with E-state index in [1.807, 2.05) is 0 Å². The van der Waals surface area contributed by atoms with Crippen LogP contribution in [0.3, 0.4) is 0 Å². The van der Waals surface area contributed by atoms with E-state index in [4.69, 9.17) is 9.84 Å². The van der Waals surface area contributed by atoms with Crippen molar-refractivity contribution < 1.29 is 14.1 Å². The largest absolute Gasteiger partial charge is 0.448 e. The molecule has 3 rings (SSSR count). The van der Waals surface area contributed by atoms with Gasteiger partial charge in [-0.05, 0) is 12.8 Å². The van der Waals surface area contributed by atoms with Gasteiger partial charge in [0.25, 0.3) is 0 Å². The van der Waals surface area contributed by atoms with Crippen LogP contribution in [0.5, 0.6) is 0 Å². The molecular formula is C12H20N3O2+. The molecule has 1 saturated heterocycles. The Kier molecular flexibility index (Phi) is 2.88. The van der Waals surface area contributed by atoms with E-state index in [9.17, 15) is 4.79 Å². The summed E-state index contributed by atoms with van der Waals surface area (Å²) in [6.07, 6.45) is 6.21. The van der Waals surface area contributed by atoms with Gasteiger partial charge in [0.2, 0.25) is 0 Å². The van der Waals surface area contributed by atoms with Crippen molar-refractivity contribution in [2.75, 3.05) is 26.3 Å². The highest BCUT2D eigenvalue weighted by Gasteiger charge is 2.47. The topological polar surface area (TPSA) is 50.7 Å². The average molecular weight is 238 g/mol. The third-order valence-electron chi connectivity index (χ3n) is 4.12. The number of morpholine rings is 1. The molecule has 2 heterocycles. The van der Waals surface area contributed by atoms with Gasteiger partial charge in [0.05, 0.1) is 13.2 Å². The van der Waals surface area contributed by atoms with Crippen LogP contribution < -0.4 is 5.32 Å². The van der Waals surface area contributed by atoms with Crippen molar-refractivity contribution in [3.63, 3.8) is 0 Å². The highest BCUT2D eigenvalue weighted by atomic mass is 16.5. The molecule has 0 aromatic heterocycles. The summed E-state index contributed by atoms with van der Waals surface area (Å²) in [6, 6.07) is 0.0499. The zero-order valence-corrected chi connectivity index (χ0v) is 10.2. The molecule has 0 radical (unpaired) electrons. The molecule has 0 aromatic rings. The van der Waals surface area contributed by atoms with Crippen LogP contribution in [0.15, 0.2) is 5.10 Å². The summed E-state index contributed by atoms with van der Waals surface area (Å²) in [5, 5.41) is 7.71. The Morgan fingerprint density at radius 2 is 1.88 bits per heavy atom. The van der Waals surface area contributed by atoms with E-state index < -0.39 is 0 Å². The number of ether oxygens (including phenoxy) is 1. The average Bonchev–Trinajstić information content (AvgIpc) is 2.69. The van der Waals surface area contributed by atoms with Gasteiger partial charge in [-0.15, -0.1) is 4.59 Å². The van der Waals surface area contributed by atoms with E-state index in [1.165, 1.54) is 32.1 Å². The molecule has 2 fully saturated rings. The third kappa shape index (κ3) is 1.98. The molecule has 94 valence electrons. The van der Waals surface area contributed by atoms with Crippen molar-refractivity contribution in [1.29, 1.82) is 0 Å². The van der Waals surface area contributed by atoms with Gasteiger partial charge in [0.1, 0.15) is 13.1 Å². The van der Waals surface area contributed by atoms with Crippen molar-refractivity contribution in [3.05, 3.63) is 0 Å². The number of amides is 2. The predicted octanol–water partition coefficient (Wildman–Crippen LogP) is 1.45. The van der Waals surface area contributed by atoms with Gasteiger partial charge in [-0.1, -0.05) is 24.4 Å². The van der Waals surface area contributed by atoms with Gasteiger partial charge in [0.15, 0.2) is 5.84 Å². The number of quaternary nitrogens is 1. The highest BCUT2D eigenvalue weighted by molar-refractivity contribution is 5.99. The molecule has 0 aromatic carbocycles. The van der Waals surface area contributed by atoms with Gasteiger partial charge in [-0.25, -0.2) is 4.79 Å². The number of nitrogens with zero attached hydrogens (tertiary/aromatic N) is 2. The number of nitrogens with one attached hydrogen (secondary N) is 1. The van der Waals surface area contributed by atoms with Crippen LogP contribution in [-0.4, -0.2) is 42.8 Å². The van der Waals surface area contributed by atoms with Crippen LogP contribution in [0, 0.1) is 5.92 Å². The van der Waals surface area contributed by atoms with Gasteiger partial charge < -0.3 is 4.74 Å². The Hall–Kier alpha value is -0.940. The van der Waals surface area contributed by atoms with Crippen molar-refractivity contribution in [2.45, 2.75) is 32.1 Å². The second kappa shape index (κ2) is 4.38. The van der Waals surface area contributed by atoms with E-state index >= 15 is 0 Å². The van der Waals surface area contributed by atoms with Gasteiger partial charge in [0, 0.05) is 5.92 Å². The minimum Gasteiger partial charge on any atom is -0.370 e. The monoisotopic (exact) mass is 238 g/mol. The molecule has 0 atom stereocenters. The summed E-state index contributed by atoms with van der Waals surface area (Å²) < 4.78 is 5.55. The lowest BCUT2D eigenvalue weighted by Crippen LogP contribution is -2.54. The lowest BCUT2D eigenvalue weighted by atomic mass is 9.88. The Labute approximate surface area is 101 Å². The molecule has 2 amide bonds. The molecule has 1 spiro atoms. The first-order valence-corrected chi connectivity index (χ1v) is 6.67. The van der Waals surface area contributed by atoms with Crippen molar-refractivity contribution >= 4 is 11.9 Å². The first-order chi connectivity index (χ1) is 8.30. The molecule has 0 bridgehead atoms. The maximum Gasteiger partial charge on any atom is 0.448 e. The minimum atomic E-state index is 0.0499. The normalized spacial score (nSPS) is 29.2. The van der Waals surface area contributed by atoms with Crippen LogP contribution in [0.4, 0.5) is 4.79 Å². The number of carbonyl (C=O) groups is 1. The van der Waals surface area contributed by atoms with Crippen LogP contribution >= 0.6 is 0 Å². The van der Waals surface area contributed by atoms with Gasteiger partial charge in [-0.2, -0.15) is 0 Å². The fraction of sp³-hybridized carbons (Fsp3) is 0.833. The van der Waals surface area contributed by atoms with E-state index in [-0.39, 0.29) is 10.6 Å². The van der Waals surface area contributed by atoms with Crippen molar-refractivity contribution in [3.8, 4) is 0 Å². The Morgan fingerprint density at radius 1 is 1.18 bits per heavy atom. The summed E-state index contributed by atoms with van der Waals surface area (Å²) in [5.41, 5.74) is 0. The smallest absolute Gasteiger partial charge is 0.370 e. The molecule has 5 nitrogen and oxygen atoms in total.